The zero-order chi connectivity index (χ0) is 11.3. The molecule has 4 N–H and O–H groups in total. The monoisotopic (exact) mass is 228 g/mol. The minimum absolute atomic E-state index is 0.329. The first-order valence-electron chi connectivity index (χ1n) is 5.10. The summed E-state index contributed by atoms with van der Waals surface area (Å²) in [5.41, 5.74) is 7.17. The van der Waals surface area contributed by atoms with Gasteiger partial charge in [-0.1, -0.05) is 24.9 Å². The molecule has 0 saturated heterocycles. The Morgan fingerprint density at radius 1 is 1.53 bits per heavy atom. The van der Waals surface area contributed by atoms with E-state index in [2.05, 4.69) is 5.32 Å². The molecule has 0 aliphatic rings. The van der Waals surface area contributed by atoms with Crippen LogP contribution in [-0.4, -0.2) is 17.8 Å². The maximum atomic E-state index is 9.53. The van der Waals surface area contributed by atoms with Gasteiger partial charge in [0.15, 0.2) is 0 Å². The summed E-state index contributed by atoms with van der Waals surface area (Å²) in [4.78, 5) is 0. The van der Waals surface area contributed by atoms with Crippen LogP contribution in [-0.2, 0) is 0 Å². The van der Waals surface area contributed by atoms with Gasteiger partial charge in [0.1, 0.15) is 0 Å². The van der Waals surface area contributed by atoms with E-state index in [1.165, 1.54) is 0 Å². The number of nitrogens with two attached hydrogens (primary N) is 1. The van der Waals surface area contributed by atoms with Crippen molar-refractivity contribution in [3.05, 3.63) is 23.2 Å². The average molecular weight is 229 g/mol. The number of nitrogen functional groups attached to an aromatic ring is 1. The van der Waals surface area contributed by atoms with Gasteiger partial charge >= 0.3 is 0 Å². The fourth-order valence-electron chi connectivity index (χ4n) is 1.36. The lowest BCUT2D eigenvalue weighted by atomic mass is 10.2. The number of hydrogen-bond acceptors (Lipinski definition) is 3. The van der Waals surface area contributed by atoms with Crippen LogP contribution in [0.25, 0.3) is 0 Å². The Morgan fingerprint density at radius 3 is 2.87 bits per heavy atom. The van der Waals surface area contributed by atoms with Gasteiger partial charge in [0.25, 0.3) is 0 Å². The zero-order valence-electron chi connectivity index (χ0n) is 8.83. The van der Waals surface area contributed by atoms with E-state index in [1.54, 1.807) is 12.1 Å². The Bertz CT molecular complexity index is 317. The maximum absolute atomic E-state index is 9.53. The second kappa shape index (κ2) is 5.83. The third-order valence-corrected chi connectivity index (χ3v) is 2.40. The molecule has 1 unspecified atom stereocenters. The highest BCUT2D eigenvalue weighted by atomic mass is 35.5. The van der Waals surface area contributed by atoms with E-state index in [0.29, 0.717) is 17.3 Å². The van der Waals surface area contributed by atoms with Gasteiger partial charge < -0.3 is 16.2 Å². The lowest BCUT2D eigenvalue weighted by Crippen LogP contribution is -2.19. The summed E-state index contributed by atoms with van der Waals surface area (Å²) in [7, 11) is 0. The Morgan fingerprint density at radius 2 is 2.27 bits per heavy atom. The van der Waals surface area contributed by atoms with Crippen LogP contribution in [0.4, 0.5) is 11.4 Å². The van der Waals surface area contributed by atoms with Crippen molar-refractivity contribution in [1.82, 2.24) is 0 Å². The first kappa shape index (κ1) is 12.1. The molecule has 15 heavy (non-hydrogen) atoms. The normalized spacial score (nSPS) is 12.5. The Balaban J connectivity index is 2.50. The number of aliphatic hydroxyl groups is 1. The molecule has 3 nitrogen and oxygen atoms in total. The van der Waals surface area contributed by atoms with Crippen molar-refractivity contribution in [1.29, 1.82) is 0 Å². The van der Waals surface area contributed by atoms with Gasteiger partial charge in [-0.05, 0) is 24.6 Å². The van der Waals surface area contributed by atoms with Gasteiger partial charge in [0.05, 0.1) is 17.5 Å². The highest BCUT2D eigenvalue weighted by molar-refractivity contribution is 6.31. The first-order valence-corrected chi connectivity index (χ1v) is 5.48. The molecule has 0 aliphatic heterocycles. The van der Waals surface area contributed by atoms with E-state index in [1.807, 2.05) is 13.0 Å². The number of nitrogens with one attached hydrogen (secondary N) is 1. The standard InChI is InChI=1S/C11H17ClN2O/c1-2-3-9(15)7-14-11-5-4-8(12)6-10(11)13/h4-6,9,14-15H,2-3,7,13H2,1H3. The average Bonchev–Trinajstić information content (AvgIpc) is 2.17. The van der Waals surface area contributed by atoms with Crippen LogP contribution in [0.15, 0.2) is 18.2 Å². The van der Waals surface area contributed by atoms with E-state index in [-0.39, 0.29) is 6.10 Å². The van der Waals surface area contributed by atoms with Crippen molar-refractivity contribution in [3.63, 3.8) is 0 Å². The van der Waals surface area contributed by atoms with E-state index in [0.717, 1.165) is 18.5 Å². The number of anilines is 2. The van der Waals surface area contributed by atoms with Gasteiger partial charge in [-0.15, -0.1) is 0 Å². The number of rotatable bonds is 5. The van der Waals surface area contributed by atoms with Gasteiger partial charge in [-0.3, -0.25) is 0 Å². The molecule has 1 rings (SSSR count). The van der Waals surface area contributed by atoms with Crippen molar-refractivity contribution in [2.24, 2.45) is 0 Å². The van der Waals surface area contributed by atoms with Crippen molar-refractivity contribution in [3.8, 4) is 0 Å². The van der Waals surface area contributed by atoms with Gasteiger partial charge in [0.2, 0.25) is 0 Å². The molecule has 0 bridgehead atoms. The Labute approximate surface area is 95.2 Å². The van der Waals surface area contributed by atoms with Crippen LogP contribution in [0, 0.1) is 0 Å². The summed E-state index contributed by atoms with van der Waals surface area (Å²) in [6.07, 6.45) is 1.43. The summed E-state index contributed by atoms with van der Waals surface area (Å²) in [5, 5.41) is 13.2. The molecule has 0 spiro atoms. The summed E-state index contributed by atoms with van der Waals surface area (Å²) < 4.78 is 0. The maximum Gasteiger partial charge on any atom is 0.0712 e. The molecule has 1 atom stereocenters. The van der Waals surface area contributed by atoms with Gasteiger partial charge in [0, 0.05) is 11.6 Å². The minimum Gasteiger partial charge on any atom is -0.397 e. The molecule has 0 aromatic heterocycles. The number of halogens is 1. The van der Waals surface area contributed by atoms with Gasteiger partial charge in [-0.2, -0.15) is 0 Å². The smallest absolute Gasteiger partial charge is 0.0712 e. The summed E-state index contributed by atoms with van der Waals surface area (Å²) in [6, 6.07) is 5.28. The second-order valence-corrected chi connectivity index (χ2v) is 3.99. The van der Waals surface area contributed by atoms with E-state index >= 15 is 0 Å². The number of benzene rings is 1. The fraction of sp³-hybridized carbons (Fsp3) is 0.455. The molecule has 1 aromatic rings. The summed E-state index contributed by atoms with van der Waals surface area (Å²) in [6.45, 7) is 2.56. The Hall–Kier alpha value is -0.930. The molecule has 4 heteroatoms. The molecule has 0 saturated carbocycles. The van der Waals surface area contributed by atoms with Gasteiger partial charge in [-0.25, -0.2) is 0 Å². The predicted molar refractivity (Wildman–Crippen MR) is 65.3 cm³/mol. The minimum atomic E-state index is -0.329. The predicted octanol–water partition coefficient (Wildman–Crippen LogP) is 2.50. The second-order valence-electron chi connectivity index (χ2n) is 3.55. The lowest BCUT2D eigenvalue weighted by molar-refractivity contribution is 0.176. The quantitative estimate of drug-likeness (QED) is 0.679. The van der Waals surface area contributed by atoms with Crippen LogP contribution in [0.3, 0.4) is 0 Å². The SMILES string of the molecule is CCCC(O)CNc1ccc(Cl)cc1N. The molecule has 84 valence electrons. The lowest BCUT2D eigenvalue weighted by Gasteiger charge is -2.13. The summed E-state index contributed by atoms with van der Waals surface area (Å²) >= 11 is 5.77. The van der Waals surface area contributed by atoms with E-state index < -0.39 is 0 Å². The summed E-state index contributed by atoms with van der Waals surface area (Å²) in [5.74, 6) is 0. The van der Waals surface area contributed by atoms with Crippen LogP contribution >= 0.6 is 11.6 Å². The van der Waals surface area contributed by atoms with Crippen LogP contribution in [0.2, 0.25) is 5.02 Å². The molecule has 0 aliphatic carbocycles. The topological polar surface area (TPSA) is 58.3 Å². The molecular weight excluding hydrogens is 212 g/mol. The van der Waals surface area contributed by atoms with Crippen LogP contribution in [0.5, 0.6) is 0 Å². The third kappa shape index (κ3) is 3.98. The zero-order valence-corrected chi connectivity index (χ0v) is 9.59. The third-order valence-electron chi connectivity index (χ3n) is 2.16. The van der Waals surface area contributed by atoms with E-state index in [9.17, 15) is 5.11 Å². The van der Waals surface area contributed by atoms with E-state index in [4.69, 9.17) is 17.3 Å². The molecule has 0 fully saturated rings. The highest BCUT2D eigenvalue weighted by Crippen LogP contribution is 2.22. The van der Waals surface area contributed by atoms with Crippen LogP contribution < -0.4 is 11.1 Å². The fourth-order valence-corrected chi connectivity index (χ4v) is 1.54. The molecule has 0 radical (unpaired) electrons. The number of aliphatic hydroxyl groups excluding tert-OH is 1. The van der Waals surface area contributed by atoms with Crippen molar-refractivity contribution < 1.29 is 5.11 Å². The number of hydrogen-bond donors (Lipinski definition) is 3. The van der Waals surface area contributed by atoms with Crippen molar-refractivity contribution in [2.75, 3.05) is 17.6 Å². The molecule has 0 heterocycles. The van der Waals surface area contributed by atoms with Crippen molar-refractivity contribution in [2.45, 2.75) is 25.9 Å². The first-order chi connectivity index (χ1) is 7.13. The Kier molecular flexibility index (Phi) is 4.72. The largest absolute Gasteiger partial charge is 0.397 e. The van der Waals surface area contributed by atoms with Crippen molar-refractivity contribution >= 4 is 23.0 Å². The molecule has 0 amide bonds. The van der Waals surface area contributed by atoms with Crippen LogP contribution in [0.1, 0.15) is 19.8 Å². The molecule has 1 aromatic carbocycles. The molecular formula is C11H17ClN2O. The highest BCUT2D eigenvalue weighted by Gasteiger charge is 2.04.